The van der Waals surface area contributed by atoms with E-state index >= 15 is 0 Å². The van der Waals surface area contributed by atoms with E-state index in [1.165, 1.54) is 42.7 Å². The van der Waals surface area contributed by atoms with Crippen LogP contribution in [0.2, 0.25) is 0 Å². The lowest BCUT2D eigenvalue weighted by Crippen LogP contribution is -2.08. The summed E-state index contributed by atoms with van der Waals surface area (Å²) in [6.07, 6.45) is 1.17. The molecule has 0 aliphatic carbocycles. The van der Waals surface area contributed by atoms with Gasteiger partial charge in [-0.05, 0) is 42.0 Å². The predicted molar refractivity (Wildman–Crippen MR) is 92.1 cm³/mol. The molecule has 0 radical (unpaired) electrons. The number of nitrogens with one attached hydrogen (secondary N) is 2. The van der Waals surface area contributed by atoms with Crippen LogP contribution >= 0.6 is 0 Å². The summed E-state index contributed by atoms with van der Waals surface area (Å²) in [4.78, 5) is 18.7. The minimum Gasteiger partial charge on any atom is -0.360 e. The summed E-state index contributed by atoms with van der Waals surface area (Å²) in [6, 6.07) is 11.0. The third kappa shape index (κ3) is 4.07. The molecule has 0 amide bonds. The average molecular weight is 357 g/mol. The second-order valence-corrected chi connectivity index (χ2v) is 5.29. The SMILES string of the molecule is O=[N+]([O-])c1c(NCc2ccc(F)cc2)ncnc1Nc1ccc(F)cc1. The highest BCUT2D eigenvalue weighted by atomic mass is 19.1. The molecule has 132 valence electrons. The Hall–Kier alpha value is -3.62. The third-order valence-corrected chi connectivity index (χ3v) is 3.49. The van der Waals surface area contributed by atoms with Gasteiger partial charge in [-0.3, -0.25) is 10.1 Å². The van der Waals surface area contributed by atoms with Gasteiger partial charge in [-0.25, -0.2) is 18.7 Å². The normalized spacial score (nSPS) is 10.4. The number of aromatic nitrogens is 2. The Kier molecular flexibility index (Phi) is 4.97. The van der Waals surface area contributed by atoms with Crippen LogP contribution in [0, 0.1) is 21.7 Å². The molecular formula is C17H13F2N5O2. The van der Waals surface area contributed by atoms with Crippen LogP contribution in [0.5, 0.6) is 0 Å². The second-order valence-electron chi connectivity index (χ2n) is 5.29. The van der Waals surface area contributed by atoms with Gasteiger partial charge in [0, 0.05) is 12.2 Å². The van der Waals surface area contributed by atoms with Gasteiger partial charge in [0.25, 0.3) is 0 Å². The van der Waals surface area contributed by atoms with Crippen LogP contribution in [0.25, 0.3) is 0 Å². The van der Waals surface area contributed by atoms with Crippen LogP contribution in [-0.4, -0.2) is 14.9 Å². The molecule has 2 aromatic carbocycles. The maximum absolute atomic E-state index is 13.0. The highest BCUT2D eigenvalue weighted by molar-refractivity contribution is 5.73. The number of anilines is 3. The molecule has 9 heteroatoms. The lowest BCUT2D eigenvalue weighted by atomic mass is 10.2. The molecule has 0 atom stereocenters. The molecule has 3 aromatic rings. The first-order valence-electron chi connectivity index (χ1n) is 7.53. The molecule has 0 fully saturated rings. The lowest BCUT2D eigenvalue weighted by Gasteiger charge is -2.10. The Bertz CT molecular complexity index is 917. The Labute approximate surface area is 146 Å². The van der Waals surface area contributed by atoms with Crippen molar-refractivity contribution in [3.05, 3.63) is 82.2 Å². The van der Waals surface area contributed by atoms with Crippen molar-refractivity contribution in [1.82, 2.24) is 9.97 Å². The molecular weight excluding hydrogens is 344 g/mol. The molecule has 3 rings (SSSR count). The van der Waals surface area contributed by atoms with Crippen LogP contribution in [0.15, 0.2) is 54.9 Å². The Balaban J connectivity index is 1.84. The molecule has 0 spiro atoms. The van der Waals surface area contributed by atoms with Gasteiger partial charge in [-0.15, -0.1) is 0 Å². The van der Waals surface area contributed by atoms with Crippen LogP contribution in [0.4, 0.5) is 31.8 Å². The summed E-state index contributed by atoms with van der Waals surface area (Å²) >= 11 is 0. The van der Waals surface area contributed by atoms with Crippen LogP contribution in [0.3, 0.4) is 0 Å². The molecule has 0 saturated carbocycles. The number of benzene rings is 2. The fourth-order valence-corrected chi connectivity index (χ4v) is 2.23. The molecule has 0 unspecified atom stereocenters. The van der Waals surface area contributed by atoms with Crippen molar-refractivity contribution < 1.29 is 13.7 Å². The fourth-order valence-electron chi connectivity index (χ4n) is 2.23. The van der Waals surface area contributed by atoms with Crippen LogP contribution in [0.1, 0.15) is 5.56 Å². The topological polar surface area (TPSA) is 93.0 Å². The monoisotopic (exact) mass is 357 g/mol. The summed E-state index contributed by atoms with van der Waals surface area (Å²) in [5.74, 6) is -0.806. The van der Waals surface area contributed by atoms with E-state index in [1.54, 1.807) is 12.1 Å². The van der Waals surface area contributed by atoms with E-state index in [2.05, 4.69) is 20.6 Å². The molecule has 1 heterocycles. The molecule has 0 aliphatic heterocycles. The van der Waals surface area contributed by atoms with E-state index < -0.39 is 10.7 Å². The van der Waals surface area contributed by atoms with Crippen molar-refractivity contribution in [2.75, 3.05) is 10.6 Å². The van der Waals surface area contributed by atoms with E-state index in [-0.39, 0.29) is 29.7 Å². The van der Waals surface area contributed by atoms with Crippen molar-refractivity contribution in [3.63, 3.8) is 0 Å². The van der Waals surface area contributed by atoms with Gasteiger partial charge in [0.2, 0.25) is 11.6 Å². The molecule has 2 N–H and O–H groups in total. The minimum absolute atomic E-state index is 0.0129. The first kappa shape index (κ1) is 17.2. The maximum Gasteiger partial charge on any atom is 0.353 e. The number of rotatable bonds is 6. The number of nitrogens with zero attached hydrogens (tertiary/aromatic N) is 3. The van der Waals surface area contributed by atoms with E-state index in [9.17, 15) is 18.9 Å². The van der Waals surface area contributed by atoms with Gasteiger partial charge < -0.3 is 10.6 Å². The lowest BCUT2D eigenvalue weighted by molar-refractivity contribution is -0.383. The number of nitro groups is 1. The van der Waals surface area contributed by atoms with Crippen molar-refractivity contribution >= 4 is 23.0 Å². The van der Waals surface area contributed by atoms with E-state index in [0.717, 1.165) is 5.56 Å². The third-order valence-electron chi connectivity index (χ3n) is 3.49. The first-order valence-corrected chi connectivity index (χ1v) is 7.53. The van der Waals surface area contributed by atoms with E-state index in [0.29, 0.717) is 5.69 Å². The summed E-state index contributed by atoms with van der Waals surface area (Å²) in [5, 5.41) is 17.1. The smallest absolute Gasteiger partial charge is 0.353 e. The summed E-state index contributed by atoms with van der Waals surface area (Å²) in [7, 11) is 0. The zero-order valence-electron chi connectivity index (χ0n) is 13.3. The van der Waals surface area contributed by atoms with E-state index in [4.69, 9.17) is 0 Å². The molecule has 0 aliphatic rings. The zero-order chi connectivity index (χ0) is 18.5. The van der Waals surface area contributed by atoms with Gasteiger partial charge in [-0.2, -0.15) is 0 Å². The highest BCUT2D eigenvalue weighted by Gasteiger charge is 2.23. The van der Waals surface area contributed by atoms with Crippen molar-refractivity contribution in [1.29, 1.82) is 0 Å². The van der Waals surface area contributed by atoms with Crippen molar-refractivity contribution in [2.24, 2.45) is 0 Å². The first-order chi connectivity index (χ1) is 12.5. The van der Waals surface area contributed by atoms with Gasteiger partial charge >= 0.3 is 5.69 Å². The van der Waals surface area contributed by atoms with Gasteiger partial charge in [0.1, 0.15) is 18.0 Å². The minimum atomic E-state index is -0.612. The standard InChI is InChI=1S/C17H13F2N5O2/c18-12-3-1-11(2-4-12)9-20-16-15(24(25)26)17(22-10-21-16)23-14-7-5-13(19)6-8-14/h1-8,10H,9H2,(H2,20,21,22,23). The van der Waals surface area contributed by atoms with E-state index in [1.807, 2.05) is 0 Å². The quantitative estimate of drug-likeness (QED) is 0.511. The largest absolute Gasteiger partial charge is 0.360 e. The highest BCUT2D eigenvalue weighted by Crippen LogP contribution is 2.31. The summed E-state index contributed by atoms with van der Waals surface area (Å²) < 4.78 is 25.9. The molecule has 0 saturated heterocycles. The number of hydrogen-bond donors (Lipinski definition) is 2. The van der Waals surface area contributed by atoms with Gasteiger partial charge in [-0.1, -0.05) is 12.1 Å². The molecule has 7 nitrogen and oxygen atoms in total. The molecule has 1 aromatic heterocycles. The van der Waals surface area contributed by atoms with Gasteiger partial charge in [0.15, 0.2) is 0 Å². The van der Waals surface area contributed by atoms with Crippen LogP contribution < -0.4 is 10.6 Å². The van der Waals surface area contributed by atoms with Crippen molar-refractivity contribution in [3.8, 4) is 0 Å². The molecule has 26 heavy (non-hydrogen) atoms. The predicted octanol–water partition coefficient (Wildman–Crippen LogP) is 4.02. The second kappa shape index (κ2) is 7.51. The Morgan fingerprint density at radius 3 is 2.12 bits per heavy atom. The van der Waals surface area contributed by atoms with Gasteiger partial charge in [0.05, 0.1) is 4.92 Å². The molecule has 0 bridgehead atoms. The summed E-state index contributed by atoms with van der Waals surface area (Å²) in [6.45, 7) is 0.216. The Morgan fingerprint density at radius 1 is 0.923 bits per heavy atom. The average Bonchev–Trinajstić information content (AvgIpc) is 2.63. The Morgan fingerprint density at radius 2 is 1.50 bits per heavy atom. The van der Waals surface area contributed by atoms with Crippen molar-refractivity contribution in [2.45, 2.75) is 6.54 Å². The number of halogens is 2. The fraction of sp³-hybridized carbons (Fsp3) is 0.0588. The maximum atomic E-state index is 13.0. The number of hydrogen-bond acceptors (Lipinski definition) is 6. The zero-order valence-corrected chi connectivity index (χ0v) is 13.3. The summed E-state index contributed by atoms with van der Waals surface area (Å²) in [5.41, 5.74) is 0.823. The van der Waals surface area contributed by atoms with Crippen LogP contribution in [-0.2, 0) is 6.54 Å².